The first kappa shape index (κ1) is 4.93. The van der Waals surface area contributed by atoms with Crippen molar-refractivity contribution < 1.29 is 18.6 Å². The van der Waals surface area contributed by atoms with Gasteiger partial charge in [-0.3, -0.25) is 0 Å². The van der Waals surface area contributed by atoms with Gasteiger partial charge in [-0.25, -0.2) is 8.78 Å². The molecule has 0 amide bonds. The van der Waals surface area contributed by atoms with E-state index in [4.69, 9.17) is 0 Å². The smallest absolute Gasteiger partial charge is 0.204 e. The second kappa shape index (κ2) is 1.14. The molecule has 0 aromatic heterocycles. The van der Waals surface area contributed by atoms with Gasteiger partial charge in [-0.1, -0.05) is 0 Å². The maximum Gasteiger partial charge on any atom is 0.297 e. The van der Waals surface area contributed by atoms with Crippen molar-refractivity contribution in [2.24, 2.45) is 0 Å². The molecule has 0 N–H and O–H groups in total. The van der Waals surface area contributed by atoms with Gasteiger partial charge in [0.15, 0.2) is 0 Å². The summed E-state index contributed by atoms with van der Waals surface area (Å²) < 4.78 is 22.7. The van der Waals surface area contributed by atoms with Crippen LogP contribution in [0.1, 0.15) is 6.92 Å². The standard InChI is InChI=1S/C3H4F2O2/c1-3(2(4)5)6-7-3/h2H,1H3. The first-order valence-electron chi connectivity index (χ1n) is 1.80. The highest BCUT2D eigenvalue weighted by Gasteiger charge is 2.53. The van der Waals surface area contributed by atoms with Crippen molar-refractivity contribution in [3.63, 3.8) is 0 Å². The second-order valence-electron chi connectivity index (χ2n) is 1.48. The highest BCUT2D eigenvalue weighted by molar-refractivity contribution is 4.68. The molecule has 1 aliphatic heterocycles. The Morgan fingerprint density at radius 3 is 1.86 bits per heavy atom. The number of rotatable bonds is 1. The van der Waals surface area contributed by atoms with Crippen molar-refractivity contribution in [3.8, 4) is 0 Å². The van der Waals surface area contributed by atoms with Gasteiger partial charge < -0.3 is 0 Å². The second-order valence-corrected chi connectivity index (χ2v) is 1.48. The minimum Gasteiger partial charge on any atom is -0.204 e. The molecule has 0 unspecified atom stereocenters. The lowest BCUT2D eigenvalue weighted by atomic mass is 10.4. The summed E-state index contributed by atoms with van der Waals surface area (Å²) in [6, 6.07) is 0. The van der Waals surface area contributed by atoms with Crippen LogP contribution in [0.25, 0.3) is 0 Å². The van der Waals surface area contributed by atoms with E-state index in [2.05, 4.69) is 9.78 Å². The van der Waals surface area contributed by atoms with E-state index in [0.29, 0.717) is 0 Å². The SMILES string of the molecule is CC1(C(F)F)OO1. The molecule has 0 spiro atoms. The highest BCUT2D eigenvalue weighted by atomic mass is 19.3. The third kappa shape index (κ3) is 0.711. The van der Waals surface area contributed by atoms with E-state index in [1.807, 2.05) is 0 Å². The number of alkyl halides is 2. The normalized spacial score (nSPS) is 25.7. The summed E-state index contributed by atoms with van der Waals surface area (Å²) in [4.78, 5) is 7.81. The van der Waals surface area contributed by atoms with Gasteiger partial charge in [0.1, 0.15) is 0 Å². The third-order valence-corrected chi connectivity index (χ3v) is 0.743. The van der Waals surface area contributed by atoms with Gasteiger partial charge in [0.2, 0.25) is 0 Å². The summed E-state index contributed by atoms with van der Waals surface area (Å²) in [5, 5.41) is 0. The van der Waals surface area contributed by atoms with E-state index in [1.54, 1.807) is 0 Å². The molecule has 0 aromatic carbocycles. The molecule has 1 fully saturated rings. The molecule has 1 aliphatic rings. The Morgan fingerprint density at radius 1 is 1.43 bits per heavy atom. The van der Waals surface area contributed by atoms with Crippen molar-refractivity contribution in [3.05, 3.63) is 0 Å². The van der Waals surface area contributed by atoms with Gasteiger partial charge >= 0.3 is 0 Å². The number of halogens is 2. The lowest BCUT2D eigenvalue weighted by Crippen LogP contribution is -2.15. The number of hydrogen-bond acceptors (Lipinski definition) is 2. The fourth-order valence-electron chi connectivity index (χ4n) is 0.138. The lowest BCUT2D eigenvalue weighted by Gasteiger charge is -1.92. The van der Waals surface area contributed by atoms with E-state index in [9.17, 15) is 8.78 Å². The van der Waals surface area contributed by atoms with Crippen LogP contribution in [0.3, 0.4) is 0 Å². The van der Waals surface area contributed by atoms with Crippen LogP contribution in [0.5, 0.6) is 0 Å². The Kier molecular flexibility index (Phi) is 0.800. The van der Waals surface area contributed by atoms with Crippen molar-refractivity contribution in [2.45, 2.75) is 19.1 Å². The van der Waals surface area contributed by atoms with Gasteiger partial charge in [0.25, 0.3) is 12.2 Å². The van der Waals surface area contributed by atoms with Crippen LogP contribution in [0.4, 0.5) is 8.78 Å². The van der Waals surface area contributed by atoms with Crippen LogP contribution in [-0.4, -0.2) is 12.2 Å². The van der Waals surface area contributed by atoms with Crippen LogP contribution >= 0.6 is 0 Å². The highest BCUT2D eigenvalue weighted by Crippen LogP contribution is 2.34. The molecule has 0 atom stereocenters. The minimum absolute atomic E-state index is 1.18. The summed E-state index contributed by atoms with van der Waals surface area (Å²) in [5.74, 6) is -1.58. The third-order valence-electron chi connectivity index (χ3n) is 0.743. The molecule has 0 radical (unpaired) electrons. The average molecular weight is 110 g/mol. The molecule has 1 rings (SSSR count). The largest absolute Gasteiger partial charge is 0.297 e. The Bertz CT molecular complexity index is 79.0. The first-order chi connectivity index (χ1) is 3.15. The van der Waals surface area contributed by atoms with E-state index < -0.39 is 12.2 Å². The Hall–Kier alpha value is -0.220. The molecule has 2 nitrogen and oxygen atoms in total. The zero-order valence-electron chi connectivity index (χ0n) is 3.65. The zero-order chi connectivity index (χ0) is 5.49. The van der Waals surface area contributed by atoms with E-state index >= 15 is 0 Å². The van der Waals surface area contributed by atoms with E-state index in [0.717, 1.165) is 0 Å². The van der Waals surface area contributed by atoms with Crippen LogP contribution in [0.2, 0.25) is 0 Å². The molecular weight excluding hydrogens is 106 g/mol. The fraction of sp³-hybridized carbons (Fsp3) is 1.00. The van der Waals surface area contributed by atoms with Crippen molar-refractivity contribution in [1.82, 2.24) is 0 Å². The van der Waals surface area contributed by atoms with Crippen molar-refractivity contribution in [2.75, 3.05) is 0 Å². The Balaban J connectivity index is 2.39. The van der Waals surface area contributed by atoms with Gasteiger partial charge in [-0.05, 0) is 0 Å². The minimum atomic E-state index is -2.53. The van der Waals surface area contributed by atoms with Gasteiger partial charge in [-0.2, -0.15) is 9.78 Å². The first-order valence-corrected chi connectivity index (χ1v) is 1.80. The predicted molar refractivity (Wildman–Crippen MR) is 16.6 cm³/mol. The molecule has 7 heavy (non-hydrogen) atoms. The molecule has 0 aliphatic carbocycles. The average Bonchev–Trinajstić information content (AvgIpc) is 2.21. The molecule has 1 saturated heterocycles. The molecule has 42 valence electrons. The molecule has 1 heterocycles. The van der Waals surface area contributed by atoms with Gasteiger partial charge in [0, 0.05) is 6.92 Å². The van der Waals surface area contributed by atoms with Crippen LogP contribution in [0.15, 0.2) is 0 Å². The topological polar surface area (TPSA) is 25.1 Å². The van der Waals surface area contributed by atoms with E-state index in [1.165, 1.54) is 6.92 Å². The summed E-state index contributed by atoms with van der Waals surface area (Å²) in [5.41, 5.74) is 0. The number of hydrogen-bond donors (Lipinski definition) is 0. The Morgan fingerprint density at radius 2 is 1.86 bits per heavy atom. The fourth-order valence-corrected chi connectivity index (χ4v) is 0.138. The van der Waals surface area contributed by atoms with Gasteiger partial charge in [0.05, 0.1) is 0 Å². The van der Waals surface area contributed by atoms with Crippen LogP contribution in [-0.2, 0) is 9.78 Å². The van der Waals surface area contributed by atoms with Crippen LogP contribution < -0.4 is 0 Å². The molecule has 0 bridgehead atoms. The summed E-state index contributed by atoms with van der Waals surface area (Å²) in [6.07, 6.45) is -2.53. The van der Waals surface area contributed by atoms with Crippen molar-refractivity contribution in [1.29, 1.82) is 0 Å². The van der Waals surface area contributed by atoms with E-state index in [-0.39, 0.29) is 0 Å². The summed E-state index contributed by atoms with van der Waals surface area (Å²) >= 11 is 0. The maximum absolute atomic E-state index is 11.4. The van der Waals surface area contributed by atoms with Gasteiger partial charge in [-0.15, -0.1) is 0 Å². The Labute approximate surface area is 39.0 Å². The van der Waals surface area contributed by atoms with Crippen LogP contribution in [0, 0.1) is 0 Å². The maximum atomic E-state index is 11.4. The quantitative estimate of drug-likeness (QED) is 0.370. The monoisotopic (exact) mass is 110 g/mol. The van der Waals surface area contributed by atoms with Crippen molar-refractivity contribution >= 4 is 0 Å². The molecule has 0 aromatic rings. The molecule has 0 saturated carbocycles. The summed E-state index contributed by atoms with van der Waals surface area (Å²) in [7, 11) is 0. The predicted octanol–water partition coefficient (Wildman–Crippen LogP) is 0.929. The lowest BCUT2D eigenvalue weighted by molar-refractivity contribution is 0.0550. The molecule has 4 heteroatoms. The summed E-state index contributed by atoms with van der Waals surface area (Å²) in [6.45, 7) is 1.18. The molecular formula is C3H4F2O2. The zero-order valence-corrected chi connectivity index (χ0v) is 3.65.